The zero-order valence-corrected chi connectivity index (χ0v) is 17.6. The molecule has 0 spiro atoms. The fraction of sp³-hybridized carbons (Fsp3) is 0.316. The van der Waals surface area contributed by atoms with Crippen molar-refractivity contribution in [3.05, 3.63) is 64.5 Å². The smallest absolute Gasteiger partial charge is 0.191 e. The fourth-order valence-corrected chi connectivity index (χ4v) is 2.74. The molecule has 5 nitrogen and oxygen atoms in total. The highest BCUT2D eigenvalue weighted by Crippen LogP contribution is 2.29. The maximum Gasteiger partial charge on any atom is 0.191 e. The van der Waals surface area contributed by atoms with Crippen LogP contribution in [0.5, 0.6) is 5.75 Å². The molecule has 1 aliphatic rings. The number of nitrogens with one attached hydrogen (secondary N) is 2. The summed E-state index contributed by atoms with van der Waals surface area (Å²) in [5.74, 6) is -0.453. The van der Waals surface area contributed by atoms with Gasteiger partial charge in [-0.1, -0.05) is 0 Å². The Morgan fingerprint density at radius 1 is 1.07 bits per heavy atom. The van der Waals surface area contributed by atoms with E-state index in [9.17, 15) is 13.2 Å². The highest BCUT2D eigenvalue weighted by molar-refractivity contribution is 14.0. The molecule has 2 aromatic rings. The lowest BCUT2D eigenvalue weighted by atomic mass is 10.1. The Bertz CT molecular complexity index is 849. The van der Waals surface area contributed by atoms with Gasteiger partial charge in [-0.2, -0.15) is 0 Å². The normalized spacial score (nSPS) is 13.2. The predicted octanol–water partition coefficient (Wildman–Crippen LogP) is 3.84. The van der Waals surface area contributed by atoms with Crippen LogP contribution in [0.2, 0.25) is 0 Å². The van der Waals surface area contributed by atoms with E-state index in [-0.39, 0.29) is 56.0 Å². The van der Waals surface area contributed by atoms with Crippen molar-refractivity contribution in [1.82, 2.24) is 10.6 Å². The minimum Gasteiger partial charge on any atom is -0.467 e. The molecule has 2 N–H and O–H groups in total. The summed E-state index contributed by atoms with van der Waals surface area (Å²) in [4.78, 5) is 4.39. The molecule has 1 aliphatic heterocycles. The SMILES string of the molecule is CCNC(=NCc1cc(F)cc2c1OCOC2)NCc1cc(F)ccc1F.I. The molecule has 3 rings (SSSR count). The second-order valence-corrected chi connectivity index (χ2v) is 5.95. The van der Waals surface area contributed by atoms with E-state index in [0.29, 0.717) is 29.4 Å². The Balaban J connectivity index is 0.00000280. The van der Waals surface area contributed by atoms with Gasteiger partial charge >= 0.3 is 0 Å². The van der Waals surface area contributed by atoms with Crippen molar-refractivity contribution in [2.45, 2.75) is 26.6 Å². The second kappa shape index (κ2) is 10.5. The highest BCUT2D eigenvalue weighted by atomic mass is 127. The van der Waals surface area contributed by atoms with Crippen molar-refractivity contribution >= 4 is 29.9 Å². The van der Waals surface area contributed by atoms with Crippen molar-refractivity contribution in [2.24, 2.45) is 4.99 Å². The van der Waals surface area contributed by atoms with Crippen LogP contribution in [0.1, 0.15) is 23.6 Å². The number of ether oxygens (including phenoxy) is 2. The summed E-state index contributed by atoms with van der Waals surface area (Å²) < 4.78 is 51.5. The Morgan fingerprint density at radius 3 is 2.64 bits per heavy atom. The molecule has 0 fully saturated rings. The third-order valence-electron chi connectivity index (χ3n) is 3.96. The summed E-state index contributed by atoms with van der Waals surface area (Å²) in [7, 11) is 0. The maximum atomic E-state index is 13.8. The van der Waals surface area contributed by atoms with Gasteiger partial charge in [-0.25, -0.2) is 18.2 Å². The number of hydrogen-bond acceptors (Lipinski definition) is 3. The van der Waals surface area contributed by atoms with Gasteiger partial charge < -0.3 is 20.1 Å². The number of nitrogens with zero attached hydrogens (tertiary/aromatic N) is 1. The molecule has 0 saturated heterocycles. The van der Waals surface area contributed by atoms with Crippen LogP contribution in [0.3, 0.4) is 0 Å². The van der Waals surface area contributed by atoms with Gasteiger partial charge in [0.1, 0.15) is 23.2 Å². The van der Waals surface area contributed by atoms with Crippen molar-refractivity contribution in [2.75, 3.05) is 13.3 Å². The average molecular weight is 507 g/mol. The van der Waals surface area contributed by atoms with Gasteiger partial charge in [0.25, 0.3) is 0 Å². The van der Waals surface area contributed by atoms with Gasteiger partial charge in [0.2, 0.25) is 0 Å². The van der Waals surface area contributed by atoms with Crippen molar-refractivity contribution < 1.29 is 22.6 Å². The lowest BCUT2D eigenvalue weighted by molar-refractivity contribution is -0.0172. The fourth-order valence-electron chi connectivity index (χ4n) is 2.74. The highest BCUT2D eigenvalue weighted by Gasteiger charge is 2.17. The molecular formula is C19H21F3IN3O2. The average Bonchev–Trinajstić information content (AvgIpc) is 2.66. The van der Waals surface area contributed by atoms with Gasteiger partial charge in [0.05, 0.1) is 13.2 Å². The summed E-state index contributed by atoms with van der Waals surface area (Å²) in [5, 5.41) is 5.96. The van der Waals surface area contributed by atoms with Gasteiger partial charge in [-0.15, -0.1) is 24.0 Å². The number of hydrogen-bond donors (Lipinski definition) is 2. The third-order valence-corrected chi connectivity index (χ3v) is 3.96. The topological polar surface area (TPSA) is 54.9 Å². The van der Waals surface area contributed by atoms with E-state index in [4.69, 9.17) is 9.47 Å². The lowest BCUT2D eigenvalue weighted by Crippen LogP contribution is -2.37. The van der Waals surface area contributed by atoms with Crippen LogP contribution in [0.25, 0.3) is 0 Å². The van der Waals surface area contributed by atoms with E-state index in [2.05, 4.69) is 15.6 Å². The van der Waals surface area contributed by atoms with E-state index < -0.39 is 17.5 Å². The zero-order chi connectivity index (χ0) is 19.2. The van der Waals surface area contributed by atoms with Crippen LogP contribution in [0.4, 0.5) is 13.2 Å². The van der Waals surface area contributed by atoms with E-state index in [1.165, 1.54) is 12.1 Å². The number of rotatable bonds is 5. The molecule has 0 bridgehead atoms. The molecule has 28 heavy (non-hydrogen) atoms. The van der Waals surface area contributed by atoms with E-state index in [1.54, 1.807) is 0 Å². The molecule has 0 amide bonds. The molecule has 9 heteroatoms. The molecule has 152 valence electrons. The number of fused-ring (bicyclic) bond motifs is 1. The molecule has 0 aromatic heterocycles. The molecule has 0 saturated carbocycles. The molecule has 0 unspecified atom stereocenters. The van der Waals surface area contributed by atoms with Crippen LogP contribution in [0, 0.1) is 17.5 Å². The van der Waals surface area contributed by atoms with Gasteiger partial charge in [0, 0.05) is 29.8 Å². The van der Waals surface area contributed by atoms with Gasteiger partial charge in [0.15, 0.2) is 12.8 Å². The van der Waals surface area contributed by atoms with Gasteiger partial charge in [-0.3, -0.25) is 0 Å². The Kier molecular flexibility index (Phi) is 8.36. The first-order chi connectivity index (χ1) is 13.1. The monoisotopic (exact) mass is 507 g/mol. The summed E-state index contributed by atoms with van der Waals surface area (Å²) >= 11 is 0. The number of benzene rings is 2. The van der Waals surface area contributed by atoms with E-state index in [0.717, 1.165) is 18.2 Å². The lowest BCUT2D eigenvalue weighted by Gasteiger charge is -2.20. The largest absolute Gasteiger partial charge is 0.467 e. The van der Waals surface area contributed by atoms with Crippen LogP contribution in [0.15, 0.2) is 35.3 Å². The molecule has 0 aliphatic carbocycles. The third kappa shape index (κ3) is 5.74. The van der Waals surface area contributed by atoms with E-state index in [1.807, 2.05) is 6.92 Å². The Labute approximate surface area is 178 Å². The molecule has 0 atom stereocenters. The second-order valence-electron chi connectivity index (χ2n) is 5.95. The summed E-state index contributed by atoms with van der Waals surface area (Å²) in [6.07, 6.45) is 0. The van der Waals surface area contributed by atoms with Gasteiger partial charge in [-0.05, 0) is 37.3 Å². The van der Waals surface area contributed by atoms with Crippen molar-refractivity contribution in [1.29, 1.82) is 0 Å². The first kappa shape index (κ1) is 22.3. The molecule has 1 heterocycles. The first-order valence-electron chi connectivity index (χ1n) is 8.54. The van der Waals surface area contributed by atoms with Crippen molar-refractivity contribution in [3.8, 4) is 5.75 Å². The molecular weight excluding hydrogens is 486 g/mol. The standard InChI is InChI=1S/C19H20F3N3O2.HI/c1-2-23-19(24-8-12-5-15(20)3-4-17(12)22)25-9-13-6-16(21)7-14-10-26-11-27-18(13)14;/h3-7H,2,8-11H2,1H3,(H2,23,24,25);1H. The summed E-state index contributed by atoms with van der Waals surface area (Å²) in [6, 6.07) is 6.01. The summed E-state index contributed by atoms with van der Waals surface area (Å²) in [5.41, 5.74) is 1.40. The van der Waals surface area contributed by atoms with Crippen LogP contribution < -0.4 is 15.4 Å². The predicted molar refractivity (Wildman–Crippen MR) is 110 cm³/mol. The zero-order valence-electron chi connectivity index (χ0n) is 15.2. The number of aliphatic imine (C=N–C) groups is 1. The van der Waals surface area contributed by atoms with E-state index >= 15 is 0 Å². The van der Waals surface area contributed by atoms with Crippen molar-refractivity contribution in [3.63, 3.8) is 0 Å². The number of halogens is 4. The maximum absolute atomic E-state index is 13.8. The summed E-state index contributed by atoms with van der Waals surface area (Å²) in [6.45, 7) is 3.04. The Morgan fingerprint density at radius 2 is 1.86 bits per heavy atom. The molecule has 0 radical (unpaired) electrons. The Hall–Kier alpha value is -2.01. The first-order valence-corrected chi connectivity index (χ1v) is 8.54. The minimum atomic E-state index is -0.513. The molecule has 2 aromatic carbocycles. The minimum absolute atomic E-state index is 0. The quantitative estimate of drug-likeness (QED) is 0.367. The van der Waals surface area contributed by atoms with Crippen LogP contribution in [-0.2, 0) is 24.4 Å². The van der Waals surface area contributed by atoms with Crippen LogP contribution >= 0.6 is 24.0 Å². The van der Waals surface area contributed by atoms with Crippen LogP contribution in [-0.4, -0.2) is 19.3 Å². The number of guanidine groups is 1.